The summed E-state index contributed by atoms with van der Waals surface area (Å²) < 4.78 is 12.7. The summed E-state index contributed by atoms with van der Waals surface area (Å²) in [6.45, 7) is 3.52. The summed E-state index contributed by atoms with van der Waals surface area (Å²) in [5.41, 5.74) is 0.223. The highest BCUT2D eigenvalue weighted by Crippen LogP contribution is 2.14. The van der Waals surface area contributed by atoms with E-state index in [1.807, 2.05) is 7.05 Å². The van der Waals surface area contributed by atoms with E-state index in [0.717, 1.165) is 5.56 Å². The van der Waals surface area contributed by atoms with E-state index in [1.165, 1.54) is 12.1 Å². The minimum atomic E-state index is -0.789. The summed E-state index contributed by atoms with van der Waals surface area (Å²) in [4.78, 5) is 0. The lowest BCUT2D eigenvalue weighted by atomic mass is 9.93. The van der Waals surface area contributed by atoms with E-state index in [0.29, 0.717) is 6.42 Å². The molecule has 2 N–H and O–H groups in total. The van der Waals surface area contributed by atoms with E-state index in [9.17, 15) is 9.50 Å². The van der Waals surface area contributed by atoms with Gasteiger partial charge in [0.15, 0.2) is 0 Å². The maximum absolute atomic E-state index is 12.7. The van der Waals surface area contributed by atoms with Crippen LogP contribution in [0.2, 0.25) is 0 Å². The molecule has 0 aromatic heterocycles. The SMILES string of the molecule is CNC(Cc1ccc(F)cc1)C(C)(C)O. The molecule has 0 aliphatic heterocycles. The lowest BCUT2D eigenvalue weighted by Crippen LogP contribution is -2.46. The van der Waals surface area contributed by atoms with Crippen molar-refractivity contribution in [3.63, 3.8) is 0 Å². The monoisotopic (exact) mass is 211 g/mol. The summed E-state index contributed by atoms with van der Waals surface area (Å²) in [6, 6.07) is 6.32. The summed E-state index contributed by atoms with van der Waals surface area (Å²) in [5, 5.41) is 12.9. The predicted molar refractivity (Wildman–Crippen MR) is 59.2 cm³/mol. The Kier molecular flexibility index (Phi) is 3.83. The van der Waals surface area contributed by atoms with Crippen LogP contribution in [-0.2, 0) is 6.42 Å². The van der Waals surface area contributed by atoms with Crippen LogP contribution in [0.5, 0.6) is 0 Å². The third-order valence-electron chi connectivity index (χ3n) is 2.55. The van der Waals surface area contributed by atoms with Crippen molar-refractivity contribution in [3.8, 4) is 0 Å². The van der Waals surface area contributed by atoms with Gasteiger partial charge in [-0.1, -0.05) is 12.1 Å². The first kappa shape index (κ1) is 12.1. The number of benzene rings is 1. The first-order chi connectivity index (χ1) is 6.93. The Morgan fingerprint density at radius 2 is 1.87 bits per heavy atom. The van der Waals surface area contributed by atoms with Crippen LogP contribution in [0.4, 0.5) is 4.39 Å². The molecule has 0 spiro atoms. The van der Waals surface area contributed by atoms with Crippen molar-refractivity contribution in [3.05, 3.63) is 35.6 Å². The van der Waals surface area contributed by atoms with E-state index in [1.54, 1.807) is 26.0 Å². The van der Waals surface area contributed by atoms with Gasteiger partial charge in [-0.3, -0.25) is 0 Å². The van der Waals surface area contributed by atoms with Crippen molar-refractivity contribution in [2.45, 2.75) is 31.9 Å². The van der Waals surface area contributed by atoms with Crippen LogP contribution in [0.1, 0.15) is 19.4 Å². The third kappa shape index (κ3) is 3.61. The molecule has 1 unspecified atom stereocenters. The van der Waals surface area contributed by atoms with Gasteiger partial charge < -0.3 is 10.4 Å². The normalized spacial score (nSPS) is 13.9. The molecular weight excluding hydrogens is 193 g/mol. The summed E-state index contributed by atoms with van der Waals surface area (Å²) >= 11 is 0. The van der Waals surface area contributed by atoms with E-state index < -0.39 is 5.60 Å². The molecule has 3 heteroatoms. The topological polar surface area (TPSA) is 32.3 Å². The van der Waals surface area contributed by atoms with E-state index in [-0.39, 0.29) is 11.9 Å². The zero-order valence-corrected chi connectivity index (χ0v) is 9.42. The molecule has 0 radical (unpaired) electrons. The van der Waals surface area contributed by atoms with Crippen LogP contribution in [0.3, 0.4) is 0 Å². The second kappa shape index (κ2) is 4.73. The Balaban J connectivity index is 2.71. The molecule has 1 atom stereocenters. The quantitative estimate of drug-likeness (QED) is 0.795. The van der Waals surface area contributed by atoms with Crippen LogP contribution in [0.15, 0.2) is 24.3 Å². The molecule has 1 rings (SSSR count). The molecule has 0 aliphatic carbocycles. The fourth-order valence-corrected chi connectivity index (χ4v) is 1.56. The summed E-state index contributed by atoms with van der Waals surface area (Å²) in [6.07, 6.45) is 0.681. The minimum absolute atomic E-state index is 0.0389. The molecule has 0 bridgehead atoms. The Morgan fingerprint density at radius 1 is 1.33 bits per heavy atom. The number of halogens is 1. The lowest BCUT2D eigenvalue weighted by molar-refractivity contribution is 0.0406. The van der Waals surface area contributed by atoms with E-state index >= 15 is 0 Å². The first-order valence-corrected chi connectivity index (χ1v) is 5.07. The van der Waals surface area contributed by atoms with Crippen LogP contribution in [0.25, 0.3) is 0 Å². The van der Waals surface area contributed by atoms with Crippen molar-refractivity contribution in [2.24, 2.45) is 0 Å². The Bertz CT molecular complexity index is 302. The molecule has 0 saturated heterocycles. The van der Waals surface area contributed by atoms with Crippen LogP contribution in [0, 0.1) is 5.82 Å². The number of likely N-dealkylation sites (N-methyl/N-ethyl adjacent to an activating group) is 1. The van der Waals surface area contributed by atoms with Gasteiger partial charge in [0.25, 0.3) is 0 Å². The van der Waals surface area contributed by atoms with Crippen molar-refractivity contribution in [1.82, 2.24) is 5.32 Å². The maximum atomic E-state index is 12.7. The van der Waals surface area contributed by atoms with Gasteiger partial charge in [0.2, 0.25) is 0 Å². The number of rotatable bonds is 4. The van der Waals surface area contributed by atoms with Gasteiger partial charge >= 0.3 is 0 Å². The fourth-order valence-electron chi connectivity index (χ4n) is 1.56. The molecule has 0 fully saturated rings. The largest absolute Gasteiger partial charge is 0.389 e. The highest BCUT2D eigenvalue weighted by atomic mass is 19.1. The molecular formula is C12H18FNO. The van der Waals surface area contributed by atoms with Gasteiger partial charge in [-0.25, -0.2) is 4.39 Å². The van der Waals surface area contributed by atoms with Gasteiger partial charge in [-0.2, -0.15) is 0 Å². The second-order valence-electron chi connectivity index (χ2n) is 4.33. The van der Waals surface area contributed by atoms with Crippen LogP contribution in [-0.4, -0.2) is 23.8 Å². The first-order valence-electron chi connectivity index (χ1n) is 5.07. The lowest BCUT2D eigenvalue weighted by Gasteiger charge is -2.29. The zero-order valence-electron chi connectivity index (χ0n) is 9.42. The number of aliphatic hydroxyl groups is 1. The number of hydrogen-bond donors (Lipinski definition) is 2. The highest BCUT2D eigenvalue weighted by molar-refractivity contribution is 5.18. The molecule has 0 aliphatic rings. The molecule has 84 valence electrons. The Labute approximate surface area is 90.1 Å². The predicted octanol–water partition coefficient (Wildman–Crippen LogP) is 1.73. The molecule has 0 heterocycles. The highest BCUT2D eigenvalue weighted by Gasteiger charge is 2.25. The maximum Gasteiger partial charge on any atom is 0.123 e. The van der Waals surface area contributed by atoms with Gasteiger partial charge in [-0.15, -0.1) is 0 Å². The minimum Gasteiger partial charge on any atom is -0.389 e. The fraction of sp³-hybridized carbons (Fsp3) is 0.500. The van der Waals surface area contributed by atoms with Gasteiger partial charge in [0.05, 0.1) is 5.60 Å². The molecule has 1 aromatic rings. The van der Waals surface area contributed by atoms with E-state index in [2.05, 4.69) is 5.32 Å². The summed E-state index contributed by atoms with van der Waals surface area (Å²) in [5.74, 6) is -0.233. The van der Waals surface area contributed by atoms with Crippen molar-refractivity contribution < 1.29 is 9.50 Å². The molecule has 0 amide bonds. The van der Waals surface area contributed by atoms with Gasteiger partial charge in [0, 0.05) is 6.04 Å². The Morgan fingerprint density at radius 3 is 2.27 bits per heavy atom. The van der Waals surface area contributed by atoms with Crippen molar-refractivity contribution in [2.75, 3.05) is 7.05 Å². The second-order valence-corrected chi connectivity index (χ2v) is 4.33. The number of hydrogen-bond acceptors (Lipinski definition) is 2. The smallest absolute Gasteiger partial charge is 0.123 e. The van der Waals surface area contributed by atoms with Gasteiger partial charge in [0.1, 0.15) is 5.82 Å². The van der Waals surface area contributed by atoms with Gasteiger partial charge in [-0.05, 0) is 45.0 Å². The van der Waals surface area contributed by atoms with Crippen molar-refractivity contribution in [1.29, 1.82) is 0 Å². The molecule has 15 heavy (non-hydrogen) atoms. The standard InChI is InChI=1S/C12H18FNO/c1-12(2,15)11(14-3)8-9-4-6-10(13)7-5-9/h4-7,11,14-15H,8H2,1-3H3. The Hall–Kier alpha value is -0.930. The molecule has 2 nitrogen and oxygen atoms in total. The molecule has 0 saturated carbocycles. The van der Waals surface area contributed by atoms with Crippen LogP contribution >= 0.6 is 0 Å². The zero-order chi connectivity index (χ0) is 11.5. The molecule has 1 aromatic carbocycles. The van der Waals surface area contributed by atoms with Crippen molar-refractivity contribution >= 4 is 0 Å². The van der Waals surface area contributed by atoms with Crippen LogP contribution < -0.4 is 5.32 Å². The van der Waals surface area contributed by atoms with E-state index in [4.69, 9.17) is 0 Å². The number of nitrogens with one attached hydrogen (secondary N) is 1. The average Bonchev–Trinajstić information content (AvgIpc) is 2.15. The average molecular weight is 211 g/mol. The summed E-state index contributed by atoms with van der Waals surface area (Å²) in [7, 11) is 1.81. The third-order valence-corrected chi connectivity index (χ3v) is 2.55.